The zero-order chi connectivity index (χ0) is 76.3. The van der Waals surface area contributed by atoms with Crippen molar-refractivity contribution in [3.8, 4) is 5.75 Å². The fourth-order valence-electron chi connectivity index (χ4n) is 19.3. The zero-order valence-electron chi connectivity index (χ0n) is 69.3. The van der Waals surface area contributed by atoms with Gasteiger partial charge in [0.15, 0.2) is 58.1 Å². The van der Waals surface area contributed by atoms with Crippen molar-refractivity contribution in [1.29, 1.82) is 0 Å². The second kappa shape index (κ2) is 40.2. The van der Waals surface area contributed by atoms with Gasteiger partial charge in [0.05, 0.1) is 56.7 Å². The van der Waals surface area contributed by atoms with Crippen LogP contribution >= 0.6 is 0 Å². The first-order valence-corrected chi connectivity index (χ1v) is 52.9. The Bertz CT molecular complexity index is 2760. The van der Waals surface area contributed by atoms with Crippen LogP contribution in [0.2, 0.25) is 72.5 Å². The predicted octanol–water partition coefficient (Wildman–Crippen LogP) is 20.9. The normalized spacial score (nSPS) is 30.7. The lowest BCUT2D eigenvalue weighted by Crippen LogP contribution is -2.66. The number of ether oxygens (including phenoxy) is 8. The van der Waals surface area contributed by atoms with Crippen LogP contribution in [0.1, 0.15) is 276 Å². The van der Waals surface area contributed by atoms with Gasteiger partial charge >= 0.3 is 17.9 Å². The minimum absolute atomic E-state index is 0.0226. The molecule has 1 N–H and O–H groups in total. The van der Waals surface area contributed by atoms with Crippen LogP contribution in [0.25, 0.3) is 0 Å². The Kier molecular flexibility index (Phi) is 34.4. The highest BCUT2D eigenvalue weighted by Gasteiger charge is 2.71. The number of esters is 3. The first-order valence-electron chi connectivity index (χ1n) is 42.4. The van der Waals surface area contributed by atoms with Crippen molar-refractivity contribution >= 4 is 51.2 Å². The van der Waals surface area contributed by atoms with Gasteiger partial charge in [-0.15, -0.1) is 0 Å². The van der Waals surface area contributed by atoms with Gasteiger partial charge in [0, 0.05) is 18.4 Å². The summed E-state index contributed by atoms with van der Waals surface area (Å²) in [4.78, 5) is 44.2. The highest BCUT2D eigenvalue weighted by molar-refractivity contribution is 6.75. The monoisotopic (exact) mass is 1530 g/mol. The number of carbonyl (C=O) groups excluding carboxylic acids is 3. The molecule has 2 saturated heterocycles. The van der Waals surface area contributed by atoms with Gasteiger partial charge in [-0.1, -0.05) is 212 Å². The van der Waals surface area contributed by atoms with Gasteiger partial charge in [-0.05, 0) is 178 Å². The van der Waals surface area contributed by atoms with E-state index in [1.807, 2.05) is 6.92 Å². The Morgan fingerprint density at radius 1 is 0.596 bits per heavy atom. The Morgan fingerprint density at radius 2 is 1.08 bits per heavy atom. The largest absolute Gasteiger partial charge is 0.497 e. The minimum Gasteiger partial charge on any atom is -0.497 e. The lowest BCUT2D eigenvalue weighted by atomic mass is 9.46. The van der Waals surface area contributed by atoms with Gasteiger partial charge in [-0.25, -0.2) is 4.79 Å². The lowest BCUT2D eigenvalue weighted by molar-refractivity contribution is -0.342. The molecule has 3 saturated carbocycles. The topological polar surface area (TPSA) is 182 Å². The molecule has 0 bridgehead atoms. The van der Waals surface area contributed by atoms with E-state index < -0.39 is 123 Å². The van der Waals surface area contributed by atoms with Gasteiger partial charge in [0.2, 0.25) is 0 Å². The van der Waals surface area contributed by atoms with E-state index in [-0.39, 0.29) is 48.2 Å². The molecule has 0 amide bonds. The first-order chi connectivity index (χ1) is 49.5. The number of rotatable bonds is 44. The molecule has 5 fully saturated rings. The summed E-state index contributed by atoms with van der Waals surface area (Å²) < 4.78 is 84.1. The summed E-state index contributed by atoms with van der Waals surface area (Å²) in [6.45, 7) is 41.9. The van der Waals surface area contributed by atoms with E-state index in [0.717, 1.165) is 106 Å². The molecule has 2 heterocycles. The molecule has 1 aromatic carbocycles. The lowest BCUT2D eigenvalue weighted by Gasteiger charge is -2.59. The van der Waals surface area contributed by atoms with Crippen molar-refractivity contribution in [2.45, 2.75) is 405 Å². The smallest absolute Gasteiger partial charge is 0.338 e. The average Bonchev–Trinajstić information content (AvgIpc) is 1.51. The Balaban J connectivity index is 1.24. The zero-order valence-corrected chi connectivity index (χ0v) is 73.3. The van der Waals surface area contributed by atoms with Crippen LogP contribution in [0.3, 0.4) is 0 Å². The SMILES string of the molecule is CCCCCCCCCCCCCCCCCCOC(=O)[C@@H](C)[C@@]1(O)[C@@H](O[C@@H]2OC[C@H](O[Si](CC)(CC)CC)[C@H](O[C@@H]3OC[C@@H](O[Si](CC)(CC)CC)[C@H](O[Si](CC)(CC)CC)[C@H]3OC(=O)c3ccc(OC)cc3)[C@H]2OC(C)=O)C[C@H]2[C@@H]3CC=C4C[C@@H](O[Si](C)(C)C(C)(C)C)CC[C@]4(C)[C@H]3CC[C@@]21C. The molecular weight excluding hydrogens is 1380 g/mol. The molecule has 17 atom stereocenters. The average molecular weight is 1530 g/mol. The van der Waals surface area contributed by atoms with E-state index in [2.05, 4.69) is 123 Å². The third kappa shape index (κ3) is 21.1. The number of hydrogen-bond donors (Lipinski definition) is 1. The molecular formula is C84H150O16Si4. The van der Waals surface area contributed by atoms with Gasteiger partial charge in [0.25, 0.3) is 0 Å². The second-order valence-corrected chi connectivity index (χ2v) is 53.6. The third-order valence-electron chi connectivity index (χ3n) is 28.1. The summed E-state index contributed by atoms with van der Waals surface area (Å²) >= 11 is 0. The Labute approximate surface area is 636 Å². The fourth-order valence-corrected chi connectivity index (χ4v) is 29.2. The fraction of sp³-hybridized carbons (Fsp3) is 0.869. The number of hydrogen-bond acceptors (Lipinski definition) is 16. The van der Waals surface area contributed by atoms with E-state index in [1.165, 1.54) is 96.0 Å². The Morgan fingerprint density at radius 3 is 1.57 bits per heavy atom. The molecule has 104 heavy (non-hydrogen) atoms. The highest BCUT2D eigenvalue weighted by Crippen LogP contribution is 2.69. The molecule has 2 aliphatic heterocycles. The number of fused-ring (bicyclic) bond motifs is 5. The number of benzene rings is 1. The highest BCUT2D eigenvalue weighted by atomic mass is 28.4. The minimum atomic E-state index is -2.54. The number of aliphatic hydroxyl groups is 1. The molecule has 4 aliphatic carbocycles. The predicted molar refractivity (Wildman–Crippen MR) is 427 cm³/mol. The summed E-state index contributed by atoms with van der Waals surface area (Å²) in [7, 11) is -7.88. The van der Waals surface area contributed by atoms with Crippen LogP contribution in [-0.4, -0.2) is 150 Å². The van der Waals surface area contributed by atoms with E-state index in [1.54, 1.807) is 31.4 Å². The van der Waals surface area contributed by atoms with Crippen molar-refractivity contribution in [3.05, 3.63) is 41.5 Å². The van der Waals surface area contributed by atoms with E-state index in [0.29, 0.717) is 30.1 Å². The Hall–Kier alpha value is -2.32. The van der Waals surface area contributed by atoms with Crippen molar-refractivity contribution in [2.24, 2.45) is 34.5 Å². The van der Waals surface area contributed by atoms with Crippen molar-refractivity contribution in [3.63, 3.8) is 0 Å². The number of allylic oxidation sites excluding steroid dienone is 1. The van der Waals surface area contributed by atoms with Gasteiger partial charge in [0.1, 0.15) is 23.6 Å². The number of methoxy groups -OCH3 is 1. The summed E-state index contributed by atoms with van der Waals surface area (Å²) in [5.41, 5.74) is -0.797. The molecule has 0 unspecified atom stereocenters. The van der Waals surface area contributed by atoms with Gasteiger partial charge in [-0.3, -0.25) is 9.59 Å². The molecule has 6 aliphatic rings. The van der Waals surface area contributed by atoms with E-state index in [9.17, 15) is 14.7 Å². The molecule has 16 nitrogen and oxygen atoms in total. The van der Waals surface area contributed by atoms with Crippen LogP contribution in [0.4, 0.5) is 0 Å². The second-order valence-electron chi connectivity index (χ2n) is 34.6. The molecule has 20 heteroatoms. The van der Waals surface area contributed by atoms with Gasteiger partial charge < -0.3 is 60.7 Å². The maximum absolute atomic E-state index is 15.1. The van der Waals surface area contributed by atoms with Crippen LogP contribution in [0, 0.1) is 34.5 Å². The maximum atomic E-state index is 15.1. The molecule has 598 valence electrons. The van der Waals surface area contributed by atoms with E-state index in [4.69, 9.17) is 55.6 Å². The molecule has 0 radical (unpaired) electrons. The van der Waals surface area contributed by atoms with Gasteiger partial charge in [-0.2, -0.15) is 0 Å². The summed E-state index contributed by atoms with van der Waals surface area (Å²) in [6.07, 6.45) is 19.1. The maximum Gasteiger partial charge on any atom is 0.338 e. The summed E-state index contributed by atoms with van der Waals surface area (Å²) in [5, 5.41) is 14.5. The number of unbranched alkanes of at least 4 members (excludes halogenated alkanes) is 15. The van der Waals surface area contributed by atoms with Crippen LogP contribution in [-0.2, 0) is 60.5 Å². The first kappa shape index (κ1) is 88.9. The summed E-state index contributed by atoms with van der Waals surface area (Å²) in [6, 6.07) is 14.4. The molecule has 0 spiro atoms. The van der Waals surface area contributed by atoms with Crippen molar-refractivity contribution in [2.75, 3.05) is 26.9 Å². The molecule has 1 aromatic rings. The van der Waals surface area contributed by atoms with Crippen LogP contribution in [0.15, 0.2) is 35.9 Å². The number of carbonyl (C=O) groups is 3. The molecule has 7 rings (SSSR count). The quantitative estimate of drug-likeness (QED) is 0.0214. The standard InChI is InChI=1S/C84H150O16Si4/c1-21-31-32-33-34-35-36-37-38-39-40-41-42-43-44-45-56-90-77(86)61(11)84(88)72(58-69-67-51-48-64-57-66(97-101(19,20)81(13,14)15)52-54-82(64,16)68(67)53-55-83(69,84)17)94-79-75(93-62(12)85)73(70(59-91-79)98-102(22-2,23-3)24-4)96-80-76(95-78(87)63-46-49-65(89-18)50-47-63)74(100-104(28-8,29-9)30-10)71(60-92-80)99-103(25-5,26-6)27-7/h46-50,61,66-76,79-80,88H,21-45,51-60H2,1-20H3/t61-,66+,67-,68+,69+,70+,71-,72+,73+,74+,75-,76-,79+,80+,82+,83+,84-/m1/s1. The molecule has 0 aromatic heterocycles. The van der Waals surface area contributed by atoms with Crippen molar-refractivity contribution < 1.29 is 75.1 Å². The van der Waals surface area contributed by atoms with E-state index >= 15 is 4.79 Å². The van der Waals surface area contributed by atoms with Crippen molar-refractivity contribution in [1.82, 2.24) is 0 Å². The summed E-state index contributed by atoms with van der Waals surface area (Å²) in [5.74, 6) is -1.58. The van der Waals surface area contributed by atoms with Crippen LogP contribution < -0.4 is 4.74 Å². The van der Waals surface area contributed by atoms with Crippen LogP contribution in [0.5, 0.6) is 5.75 Å². The third-order valence-corrected chi connectivity index (χ3v) is 46.6.